The largest absolute Gasteiger partial charge is 0.373 e. The SMILES string of the molecule is CCOC1(C(NC)c2ccc(F)c(C)c2)CCC(C)CC1. The van der Waals surface area contributed by atoms with E-state index in [0.29, 0.717) is 12.2 Å². The van der Waals surface area contributed by atoms with Gasteiger partial charge >= 0.3 is 0 Å². The molecule has 1 fully saturated rings. The molecular weight excluding hydrogens is 265 g/mol. The summed E-state index contributed by atoms with van der Waals surface area (Å²) in [6.45, 7) is 6.91. The Morgan fingerprint density at radius 3 is 2.57 bits per heavy atom. The maximum Gasteiger partial charge on any atom is 0.126 e. The predicted molar refractivity (Wildman–Crippen MR) is 84.9 cm³/mol. The van der Waals surface area contributed by atoms with E-state index in [4.69, 9.17) is 4.74 Å². The highest BCUT2D eigenvalue weighted by molar-refractivity contribution is 5.29. The third-order valence-electron chi connectivity index (χ3n) is 4.88. The molecule has 1 aromatic rings. The molecule has 0 radical (unpaired) electrons. The standard InChI is InChI=1S/C18H28FNO/c1-5-21-18(10-8-13(2)9-11-18)17(20-4)15-6-7-16(19)14(3)12-15/h6-7,12-13,17,20H,5,8-11H2,1-4H3. The van der Waals surface area contributed by atoms with E-state index >= 15 is 0 Å². The van der Waals surface area contributed by atoms with Crippen LogP contribution in [0, 0.1) is 18.7 Å². The first-order valence-electron chi connectivity index (χ1n) is 8.09. The van der Waals surface area contributed by atoms with Crippen LogP contribution in [0.3, 0.4) is 0 Å². The maximum atomic E-state index is 13.6. The molecule has 0 heterocycles. The topological polar surface area (TPSA) is 21.3 Å². The third-order valence-corrected chi connectivity index (χ3v) is 4.88. The summed E-state index contributed by atoms with van der Waals surface area (Å²) in [6.07, 6.45) is 4.50. The van der Waals surface area contributed by atoms with Gasteiger partial charge in [0, 0.05) is 6.61 Å². The van der Waals surface area contributed by atoms with Crippen molar-refractivity contribution in [1.82, 2.24) is 5.32 Å². The number of ether oxygens (including phenoxy) is 1. The van der Waals surface area contributed by atoms with Gasteiger partial charge in [0.1, 0.15) is 5.82 Å². The Morgan fingerprint density at radius 2 is 2.05 bits per heavy atom. The number of hydrogen-bond donors (Lipinski definition) is 1. The molecule has 1 saturated carbocycles. The molecule has 118 valence electrons. The Hall–Kier alpha value is -0.930. The zero-order valence-electron chi connectivity index (χ0n) is 13.7. The molecule has 0 amide bonds. The molecule has 0 bridgehead atoms. The number of benzene rings is 1. The summed E-state index contributed by atoms with van der Waals surface area (Å²) in [5, 5.41) is 3.43. The summed E-state index contributed by atoms with van der Waals surface area (Å²) >= 11 is 0. The lowest BCUT2D eigenvalue weighted by Gasteiger charge is -2.45. The van der Waals surface area contributed by atoms with Crippen molar-refractivity contribution in [1.29, 1.82) is 0 Å². The van der Waals surface area contributed by atoms with Crippen LogP contribution in [0.15, 0.2) is 18.2 Å². The zero-order valence-corrected chi connectivity index (χ0v) is 13.7. The lowest BCUT2D eigenvalue weighted by Crippen LogP contribution is -2.47. The van der Waals surface area contributed by atoms with E-state index in [-0.39, 0.29) is 17.5 Å². The third kappa shape index (κ3) is 3.46. The molecule has 0 aliphatic heterocycles. The number of aryl methyl sites for hydroxylation is 1. The first kappa shape index (κ1) is 16.4. The highest BCUT2D eigenvalue weighted by atomic mass is 19.1. The molecule has 0 saturated heterocycles. The van der Waals surface area contributed by atoms with Crippen LogP contribution in [0.4, 0.5) is 4.39 Å². The molecule has 0 spiro atoms. The van der Waals surface area contributed by atoms with E-state index in [9.17, 15) is 4.39 Å². The lowest BCUT2D eigenvalue weighted by molar-refractivity contribution is -0.0962. The van der Waals surface area contributed by atoms with Crippen LogP contribution >= 0.6 is 0 Å². The number of nitrogens with one attached hydrogen (secondary N) is 1. The van der Waals surface area contributed by atoms with Gasteiger partial charge in [-0.05, 0) is 69.7 Å². The number of halogens is 1. The average Bonchev–Trinajstić information content (AvgIpc) is 2.47. The van der Waals surface area contributed by atoms with Gasteiger partial charge in [-0.15, -0.1) is 0 Å². The van der Waals surface area contributed by atoms with Crippen molar-refractivity contribution in [2.75, 3.05) is 13.7 Å². The van der Waals surface area contributed by atoms with Gasteiger partial charge in [-0.25, -0.2) is 4.39 Å². The van der Waals surface area contributed by atoms with Gasteiger partial charge in [-0.1, -0.05) is 19.1 Å². The fourth-order valence-electron chi connectivity index (χ4n) is 3.64. The summed E-state index contributed by atoms with van der Waals surface area (Å²) in [6, 6.07) is 5.53. The monoisotopic (exact) mass is 293 g/mol. The lowest BCUT2D eigenvalue weighted by atomic mass is 9.73. The number of hydrogen-bond acceptors (Lipinski definition) is 2. The molecule has 1 N–H and O–H groups in total. The summed E-state index contributed by atoms with van der Waals surface area (Å²) in [5.41, 5.74) is 1.66. The summed E-state index contributed by atoms with van der Waals surface area (Å²) in [7, 11) is 1.97. The molecule has 1 unspecified atom stereocenters. The minimum Gasteiger partial charge on any atom is -0.373 e. The Labute approximate surface area is 128 Å². The molecule has 1 atom stereocenters. The van der Waals surface area contributed by atoms with Gasteiger partial charge in [0.05, 0.1) is 11.6 Å². The van der Waals surface area contributed by atoms with E-state index in [1.165, 1.54) is 12.8 Å². The van der Waals surface area contributed by atoms with Gasteiger partial charge < -0.3 is 10.1 Å². The molecule has 2 rings (SSSR count). The van der Waals surface area contributed by atoms with Crippen molar-refractivity contribution >= 4 is 0 Å². The van der Waals surface area contributed by atoms with Crippen LogP contribution in [0.5, 0.6) is 0 Å². The van der Waals surface area contributed by atoms with Crippen molar-refractivity contribution in [3.63, 3.8) is 0 Å². The summed E-state index contributed by atoms with van der Waals surface area (Å²) < 4.78 is 19.8. The fourth-order valence-corrected chi connectivity index (χ4v) is 3.64. The molecule has 0 aromatic heterocycles. The van der Waals surface area contributed by atoms with Crippen LogP contribution in [-0.4, -0.2) is 19.3 Å². The minimum absolute atomic E-state index is 0.115. The molecule has 1 aromatic carbocycles. The second-order valence-corrected chi connectivity index (χ2v) is 6.41. The molecule has 1 aliphatic carbocycles. The Bertz CT molecular complexity index is 466. The van der Waals surface area contributed by atoms with Crippen molar-refractivity contribution in [2.45, 2.75) is 58.1 Å². The van der Waals surface area contributed by atoms with Gasteiger partial charge in [0.25, 0.3) is 0 Å². The van der Waals surface area contributed by atoms with Crippen molar-refractivity contribution in [3.8, 4) is 0 Å². The first-order valence-corrected chi connectivity index (χ1v) is 8.09. The van der Waals surface area contributed by atoms with Gasteiger partial charge in [0.15, 0.2) is 0 Å². The Kier molecular flexibility index (Phi) is 5.39. The van der Waals surface area contributed by atoms with E-state index < -0.39 is 0 Å². The Balaban J connectivity index is 2.33. The van der Waals surface area contributed by atoms with Crippen molar-refractivity contribution in [3.05, 3.63) is 35.1 Å². The van der Waals surface area contributed by atoms with Crippen molar-refractivity contribution in [2.24, 2.45) is 5.92 Å². The Morgan fingerprint density at radius 1 is 1.38 bits per heavy atom. The minimum atomic E-state index is -0.166. The fraction of sp³-hybridized carbons (Fsp3) is 0.667. The second-order valence-electron chi connectivity index (χ2n) is 6.41. The summed E-state index contributed by atoms with van der Waals surface area (Å²) in [5.74, 6) is 0.627. The normalized spacial score (nSPS) is 27.6. The molecule has 3 heteroatoms. The van der Waals surface area contributed by atoms with Gasteiger partial charge in [0.2, 0.25) is 0 Å². The molecule has 21 heavy (non-hydrogen) atoms. The average molecular weight is 293 g/mol. The molecular formula is C18H28FNO. The number of rotatable bonds is 5. The highest BCUT2D eigenvalue weighted by Gasteiger charge is 2.42. The van der Waals surface area contributed by atoms with Crippen LogP contribution < -0.4 is 5.32 Å². The van der Waals surface area contributed by atoms with Crippen LogP contribution in [0.2, 0.25) is 0 Å². The first-order chi connectivity index (χ1) is 10.0. The zero-order chi connectivity index (χ0) is 15.5. The van der Waals surface area contributed by atoms with Crippen LogP contribution in [0.25, 0.3) is 0 Å². The van der Waals surface area contributed by atoms with Crippen LogP contribution in [-0.2, 0) is 4.74 Å². The number of likely N-dealkylation sites (N-methyl/N-ethyl adjacent to an activating group) is 1. The quantitative estimate of drug-likeness (QED) is 0.870. The smallest absolute Gasteiger partial charge is 0.126 e. The van der Waals surface area contributed by atoms with Crippen LogP contribution in [0.1, 0.15) is 56.7 Å². The molecule has 1 aliphatic rings. The van der Waals surface area contributed by atoms with E-state index in [1.807, 2.05) is 26.1 Å². The van der Waals surface area contributed by atoms with E-state index in [0.717, 1.165) is 24.3 Å². The van der Waals surface area contributed by atoms with E-state index in [2.05, 4.69) is 19.2 Å². The summed E-state index contributed by atoms with van der Waals surface area (Å²) in [4.78, 5) is 0. The second kappa shape index (κ2) is 6.89. The predicted octanol–water partition coefficient (Wildman–Crippen LogP) is 4.38. The van der Waals surface area contributed by atoms with E-state index in [1.54, 1.807) is 6.07 Å². The van der Waals surface area contributed by atoms with Gasteiger partial charge in [-0.2, -0.15) is 0 Å². The maximum absolute atomic E-state index is 13.6. The highest BCUT2D eigenvalue weighted by Crippen LogP contribution is 2.43. The van der Waals surface area contributed by atoms with Gasteiger partial charge in [-0.3, -0.25) is 0 Å². The molecule has 2 nitrogen and oxygen atoms in total. The van der Waals surface area contributed by atoms with Crippen molar-refractivity contribution < 1.29 is 9.13 Å².